The van der Waals surface area contributed by atoms with Crippen molar-refractivity contribution in [3.05, 3.63) is 0 Å². The summed E-state index contributed by atoms with van der Waals surface area (Å²) >= 11 is 4.29. The van der Waals surface area contributed by atoms with E-state index >= 15 is 0 Å². The summed E-state index contributed by atoms with van der Waals surface area (Å²) in [6.45, 7) is 5.03. The molecule has 0 bridgehead atoms. The molecular formula is C12H23NS2. The summed E-state index contributed by atoms with van der Waals surface area (Å²) in [7, 11) is 0. The Morgan fingerprint density at radius 3 is 2.20 bits per heavy atom. The second-order valence-corrected chi connectivity index (χ2v) is 7.14. The van der Waals surface area contributed by atoms with E-state index in [0.29, 0.717) is 5.54 Å². The maximum absolute atomic E-state index is 2.83. The quantitative estimate of drug-likeness (QED) is 0.752. The highest BCUT2D eigenvalue weighted by molar-refractivity contribution is 7.99. The van der Waals surface area contributed by atoms with E-state index in [4.69, 9.17) is 0 Å². The third-order valence-corrected chi connectivity index (χ3v) is 5.75. The van der Waals surface area contributed by atoms with Crippen molar-refractivity contribution >= 4 is 23.5 Å². The first-order valence-corrected chi connectivity index (χ1v) is 8.59. The van der Waals surface area contributed by atoms with E-state index in [2.05, 4.69) is 35.3 Å². The van der Waals surface area contributed by atoms with E-state index in [1.807, 2.05) is 0 Å². The zero-order chi connectivity index (χ0) is 10.6. The molecule has 0 amide bonds. The van der Waals surface area contributed by atoms with Crippen LogP contribution >= 0.6 is 23.5 Å². The van der Waals surface area contributed by atoms with Gasteiger partial charge in [0.1, 0.15) is 0 Å². The second kappa shape index (κ2) is 5.83. The molecule has 0 aromatic carbocycles. The highest BCUT2D eigenvalue weighted by Crippen LogP contribution is 2.37. The van der Waals surface area contributed by atoms with Crippen LogP contribution in [0.1, 0.15) is 32.6 Å². The van der Waals surface area contributed by atoms with E-state index < -0.39 is 0 Å². The maximum atomic E-state index is 2.83. The molecule has 0 atom stereocenters. The molecule has 0 unspecified atom stereocenters. The molecule has 2 fully saturated rings. The Balaban J connectivity index is 2.01. The fraction of sp³-hybridized carbons (Fsp3) is 1.00. The largest absolute Gasteiger partial charge is 0.296 e. The van der Waals surface area contributed by atoms with Gasteiger partial charge in [-0.1, -0.05) is 13.3 Å². The predicted molar refractivity (Wildman–Crippen MR) is 73.1 cm³/mol. The van der Waals surface area contributed by atoms with Crippen LogP contribution in [0.25, 0.3) is 0 Å². The lowest BCUT2D eigenvalue weighted by molar-refractivity contribution is 0.0788. The first kappa shape index (κ1) is 12.1. The molecule has 0 radical (unpaired) electrons. The minimum Gasteiger partial charge on any atom is -0.296 e. The zero-order valence-electron chi connectivity index (χ0n) is 9.83. The third-order valence-electron chi connectivity index (χ3n) is 3.82. The summed E-state index contributed by atoms with van der Waals surface area (Å²) in [5, 5.41) is 0. The van der Waals surface area contributed by atoms with Crippen LogP contribution in [0.5, 0.6) is 0 Å². The van der Waals surface area contributed by atoms with Gasteiger partial charge in [-0.2, -0.15) is 23.5 Å². The van der Waals surface area contributed by atoms with Crippen LogP contribution in [0.15, 0.2) is 0 Å². The van der Waals surface area contributed by atoms with Crippen molar-refractivity contribution in [1.82, 2.24) is 4.90 Å². The summed E-state index contributed by atoms with van der Waals surface area (Å²) in [5.74, 6) is 5.50. The smallest absolute Gasteiger partial charge is 0.0225 e. The fourth-order valence-electron chi connectivity index (χ4n) is 2.98. The van der Waals surface area contributed by atoms with Crippen LogP contribution in [0.4, 0.5) is 0 Å². The second-order valence-electron chi connectivity index (χ2n) is 4.69. The standard InChI is InChI=1S/C12H23NS2/c1-2-3-12(4-8-14-9-5-12)13-6-10-15-11-7-13/h2-11H2,1H3. The van der Waals surface area contributed by atoms with Gasteiger partial charge in [-0.05, 0) is 30.8 Å². The molecule has 3 heteroatoms. The Kier molecular flexibility index (Phi) is 4.71. The molecule has 0 aromatic heterocycles. The number of hydrogen-bond donors (Lipinski definition) is 0. The summed E-state index contributed by atoms with van der Waals surface area (Å²) < 4.78 is 0. The predicted octanol–water partition coefficient (Wildman–Crippen LogP) is 3.10. The molecule has 2 heterocycles. The Bertz CT molecular complexity index is 179. The van der Waals surface area contributed by atoms with Crippen molar-refractivity contribution in [2.24, 2.45) is 0 Å². The SMILES string of the molecule is CCCC1(N2CCSCC2)CCSCC1. The van der Waals surface area contributed by atoms with Gasteiger partial charge in [-0.3, -0.25) is 4.90 Å². The lowest BCUT2D eigenvalue weighted by Gasteiger charge is -2.48. The van der Waals surface area contributed by atoms with Crippen LogP contribution in [-0.4, -0.2) is 46.5 Å². The van der Waals surface area contributed by atoms with Gasteiger partial charge in [0.2, 0.25) is 0 Å². The fourth-order valence-corrected chi connectivity index (χ4v) is 5.13. The van der Waals surface area contributed by atoms with E-state index in [1.54, 1.807) is 0 Å². The lowest BCUT2D eigenvalue weighted by atomic mass is 9.85. The molecule has 0 saturated carbocycles. The molecule has 0 aromatic rings. The molecule has 0 N–H and O–H groups in total. The van der Waals surface area contributed by atoms with Crippen LogP contribution < -0.4 is 0 Å². The molecular weight excluding hydrogens is 222 g/mol. The molecule has 1 nitrogen and oxygen atoms in total. The minimum atomic E-state index is 0.598. The average Bonchev–Trinajstić information content (AvgIpc) is 2.32. The molecule has 0 spiro atoms. The summed E-state index contributed by atoms with van der Waals surface area (Å²) in [6.07, 6.45) is 5.67. The van der Waals surface area contributed by atoms with Crippen LogP contribution in [0.3, 0.4) is 0 Å². The molecule has 15 heavy (non-hydrogen) atoms. The summed E-state index contributed by atoms with van der Waals surface area (Å²) in [5.41, 5.74) is 0.598. The van der Waals surface area contributed by atoms with E-state index in [0.717, 1.165) is 0 Å². The highest BCUT2D eigenvalue weighted by atomic mass is 32.2. The monoisotopic (exact) mass is 245 g/mol. The Labute approximate surface area is 103 Å². The zero-order valence-corrected chi connectivity index (χ0v) is 11.5. The van der Waals surface area contributed by atoms with E-state index in [1.165, 1.54) is 61.8 Å². The van der Waals surface area contributed by atoms with Gasteiger partial charge in [-0.25, -0.2) is 0 Å². The van der Waals surface area contributed by atoms with Crippen molar-refractivity contribution in [3.8, 4) is 0 Å². The number of thioether (sulfide) groups is 2. The Hall–Kier alpha value is 0.660. The molecule has 2 aliphatic heterocycles. The highest BCUT2D eigenvalue weighted by Gasteiger charge is 2.37. The molecule has 2 rings (SSSR count). The first-order valence-electron chi connectivity index (χ1n) is 6.28. The van der Waals surface area contributed by atoms with Crippen LogP contribution in [-0.2, 0) is 0 Å². The minimum absolute atomic E-state index is 0.598. The van der Waals surface area contributed by atoms with E-state index in [9.17, 15) is 0 Å². The summed E-state index contributed by atoms with van der Waals surface area (Å²) in [6, 6.07) is 0. The molecule has 2 saturated heterocycles. The van der Waals surface area contributed by atoms with Gasteiger partial charge < -0.3 is 0 Å². The van der Waals surface area contributed by atoms with Crippen molar-refractivity contribution in [3.63, 3.8) is 0 Å². The van der Waals surface area contributed by atoms with Crippen molar-refractivity contribution in [2.45, 2.75) is 38.1 Å². The van der Waals surface area contributed by atoms with Crippen molar-refractivity contribution in [1.29, 1.82) is 0 Å². The van der Waals surface area contributed by atoms with Crippen LogP contribution in [0.2, 0.25) is 0 Å². The number of rotatable bonds is 3. The Morgan fingerprint density at radius 1 is 1.00 bits per heavy atom. The van der Waals surface area contributed by atoms with Crippen LogP contribution in [0, 0.1) is 0 Å². The van der Waals surface area contributed by atoms with Gasteiger partial charge in [0.05, 0.1) is 0 Å². The number of hydrogen-bond acceptors (Lipinski definition) is 3. The van der Waals surface area contributed by atoms with Crippen molar-refractivity contribution < 1.29 is 0 Å². The third kappa shape index (κ3) is 2.86. The van der Waals surface area contributed by atoms with Gasteiger partial charge in [0.15, 0.2) is 0 Å². The van der Waals surface area contributed by atoms with Gasteiger partial charge >= 0.3 is 0 Å². The van der Waals surface area contributed by atoms with Gasteiger partial charge in [-0.15, -0.1) is 0 Å². The van der Waals surface area contributed by atoms with Gasteiger partial charge in [0, 0.05) is 30.1 Å². The topological polar surface area (TPSA) is 3.24 Å². The first-order chi connectivity index (χ1) is 7.37. The van der Waals surface area contributed by atoms with E-state index in [-0.39, 0.29) is 0 Å². The molecule has 2 aliphatic rings. The maximum Gasteiger partial charge on any atom is 0.0225 e. The normalized spacial score (nSPS) is 27.8. The Morgan fingerprint density at radius 2 is 1.60 bits per heavy atom. The number of nitrogens with zero attached hydrogens (tertiary/aromatic N) is 1. The summed E-state index contributed by atoms with van der Waals surface area (Å²) in [4.78, 5) is 2.83. The molecule has 0 aliphatic carbocycles. The van der Waals surface area contributed by atoms with Gasteiger partial charge in [0.25, 0.3) is 0 Å². The molecule has 88 valence electrons. The average molecular weight is 245 g/mol. The lowest BCUT2D eigenvalue weighted by Crippen LogP contribution is -2.54. The van der Waals surface area contributed by atoms with Crippen molar-refractivity contribution in [2.75, 3.05) is 36.1 Å².